The third kappa shape index (κ3) is 5.87. The number of allylic oxidation sites excluding steroid dienone is 1. The zero-order valence-electron chi connectivity index (χ0n) is 18.0. The molecule has 7 heteroatoms. The van der Waals surface area contributed by atoms with Crippen molar-refractivity contribution in [1.29, 1.82) is 0 Å². The normalized spacial score (nSPS) is 17.6. The van der Waals surface area contributed by atoms with E-state index in [1.165, 1.54) is 18.4 Å². The predicted molar refractivity (Wildman–Crippen MR) is 134 cm³/mol. The molecule has 5 nitrogen and oxygen atoms in total. The van der Waals surface area contributed by atoms with Crippen LogP contribution in [0.2, 0.25) is 5.02 Å². The monoisotopic (exact) mass is 469 g/mol. The van der Waals surface area contributed by atoms with Gasteiger partial charge in [0, 0.05) is 28.6 Å². The van der Waals surface area contributed by atoms with E-state index in [1.807, 2.05) is 30.3 Å². The van der Waals surface area contributed by atoms with Crippen LogP contribution in [0, 0.1) is 0 Å². The Bertz CT molecular complexity index is 1020. The van der Waals surface area contributed by atoms with Crippen molar-refractivity contribution in [3.05, 3.63) is 70.3 Å². The van der Waals surface area contributed by atoms with Crippen molar-refractivity contribution in [2.45, 2.75) is 43.9 Å². The van der Waals surface area contributed by atoms with Crippen LogP contribution in [0.25, 0.3) is 0 Å². The van der Waals surface area contributed by atoms with Crippen molar-refractivity contribution in [2.75, 3.05) is 22.9 Å². The zero-order valence-corrected chi connectivity index (χ0v) is 19.5. The quantitative estimate of drug-likeness (QED) is 0.438. The first-order chi connectivity index (χ1) is 15.6. The first kappa shape index (κ1) is 22.7. The summed E-state index contributed by atoms with van der Waals surface area (Å²) >= 11 is 7.87. The van der Waals surface area contributed by atoms with Gasteiger partial charge in [0.25, 0.3) is 5.91 Å². The Labute approximate surface area is 198 Å². The van der Waals surface area contributed by atoms with Crippen molar-refractivity contribution in [3.63, 3.8) is 0 Å². The highest BCUT2D eigenvalue weighted by Crippen LogP contribution is 2.30. The van der Waals surface area contributed by atoms with E-state index >= 15 is 0 Å². The summed E-state index contributed by atoms with van der Waals surface area (Å²) in [5, 5.41) is 9.98. The van der Waals surface area contributed by atoms with E-state index in [0.29, 0.717) is 23.5 Å². The molecule has 0 spiro atoms. The van der Waals surface area contributed by atoms with E-state index in [-0.39, 0.29) is 17.9 Å². The molecule has 0 unspecified atom stereocenters. The molecule has 2 aliphatic rings. The molecule has 3 N–H and O–H groups in total. The van der Waals surface area contributed by atoms with Gasteiger partial charge in [-0.3, -0.25) is 9.59 Å². The summed E-state index contributed by atoms with van der Waals surface area (Å²) in [6.45, 7) is 0.636. The average molecular weight is 470 g/mol. The van der Waals surface area contributed by atoms with Crippen LogP contribution in [0.1, 0.15) is 48.0 Å². The van der Waals surface area contributed by atoms with E-state index in [4.69, 9.17) is 11.6 Å². The van der Waals surface area contributed by atoms with Crippen molar-refractivity contribution in [2.24, 2.45) is 0 Å². The summed E-state index contributed by atoms with van der Waals surface area (Å²) in [6, 6.07) is 12.8. The summed E-state index contributed by atoms with van der Waals surface area (Å²) in [5.74, 6) is 1.16. The molecule has 0 fully saturated rings. The summed E-state index contributed by atoms with van der Waals surface area (Å²) < 4.78 is 0. The molecule has 0 radical (unpaired) electrons. The van der Waals surface area contributed by atoms with E-state index in [2.05, 4.69) is 22.0 Å². The minimum atomic E-state index is -0.335. The molecule has 2 amide bonds. The Hall–Kier alpha value is -2.44. The SMILES string of the molecule is O=C(NCCC1=CCCCC1)c1ccc2c(c1)NC(=O)[C@@H](CSCc1ccccc1Cl)N2. The standard InChI is InChI=1S/C25H28ClN3O2S/c26-20-9-5-4-8-19(20)15-32-16-23-25(31)29-22-14-18(10-11-21(22)28-23)24(30)27-13-12-17-6-2-1-3-7-17/h4-6,8-11,14,23,28H,1-3,7,12-13,15-16H2,(H,27,30)(H,29,31)/t23-/m1/s1. The Morgan fingerprint density at radius 1 is 1.16 bits per heavy atom. The topological polar surface area (TPSA) is 70.2 Å². The van der Waals surface area contributed by atoms with Crippen molar-refractivity contribution >= 4 is 46.6 Å². The number of hydrogen-bond acceptors (Lipinski definition) is 4. The highest BCUT2D eigenvalue weighted by Gasteiger charge is 2.26. The first-order valence-corrected chi connectivity index (χ1v) is 12.6. The Kier molecular flexibility index (Phi) is 7.76. The molecule has 1 atom stereocenters. The van der Waals surface area contributed by atoms with E-state index in [1.54, 1.807) is 23.9 Å². The van der Waals surface area contributed by atoms with E-state index in [0.717, 1.165) is 41.3 Å². The maximum atomic E-state index is 12.6. The molecular formula is C25H28ClN3O2S. The van der Waals surface area contributed by atoms with Gasteiger partial charge in [0.1, 0.15) is 6.04 Å². The van der Waals surface area contributed by atoms with Gasteiger partial charge in [0.2, 0.25) is 5.91 Å². The lowest BCUT2D eigenvalue weighted by Crippen LogP contribution is -2.40. The molecule has 32 heavy (non-hydrogen) atoms. The number of nitrogens with one attached hydrogen (secondary N) is 3. The molecule has 2 aromatic rings. The van der Waals surface area contributed by atoms with Gasteiger partial charge in [-0.2, -0.15) is 11.8 Å². The number of fused-ring (bicyclic) bond motifs is 1. The molecule has 1 aliphatic heterocycles. The van der Waals surface area contributed by atoms with Crippen LogP contribution in [-0.4, -0.2) is 30.2 Å². The minimum absolute atomic E-state index is 0.0917. The average Bonchev–Trinajstić information content (AvgIpc) is 2.81. The first-order valence-electron chi connectivity index (χ1n) is 11.1. The lowest BCUT2D eigenvalue weighted by atomic mass is 9.97. The van der Waals surface area contributed by atoms with Crippen LogP contribution in [0.5, 0.6) is 0 Å². The Morgan fingerprint density at radius 3 is 2.84 bits per heavy atom. The number of carbonyl (C=O) groups is 2. The lowest BCUT2D eigenvalue weighted by molar-refractivity contribution is -0.116. The van der Waals surface area contributed by atoms with E-state index in [9.17, 15) is 9.59 Å². The van der Waals surface area contributed by atoms with Gasteiger partial charge in [-0.25, -0.2) is 0 Å². The van der Waals surface area contributed by atoms with E-state index < -0.39 is 0 Å². The Balaban J connectivity index is 1.29. The highest BCUT2D eigenvalue weighted by atomic mass is 35.5. The molecule has 0 aromatic heterocycles. The number of amides is 2. The number of anilines is 2. The lowest BCUT2D eigenvalue weighted by Gasteiger charge is -2.27. The van der Waals surface area contributed by atoms with Crippen molar-refractivity contribution in [1.82, 2.24) is 5.32 Å². The molecule has 168 valence electrons. The summed E-state index contributed by atoms with van der Waals surface area (Å²) in [7, 11) is 0. The minimum Gasteiger partial charge on any atom is -0.371 e. The number of halogens is 1. The predicted octanol–water partition coefficient (Wildman–Crippen LogP) is 5.63. The second-order valence-corrected chi connectivity index (χ2v) is 9.60. The van der Waals surface area contributed by atoms with Crippen LogP contribution in [0.4, 0.5) is 11.4 Å². The van der Waals surface area contributed by atoms with Gasteiger partial charge >= 0.3 is 0 Å². The third-order valence-corrected chi connectivity index (χ3v) is 7.26. The fraction of sp³-hybridized carbons (Fsp3) is 0.360. The molecule has 0 bridgehead atoms. The van der Waals surface area contributed by atoms with Gasteiger partial charge < -0.3 is 16.0 Å². The van der Waals surface area contributed by atoms with Gasteiger partial charge in [0.15, 0.2) is 0 Å². The van der Waals surface area contributed by atoms with Gasteiger partial charge in [-0.15, -0.1) is 0 Å². The Morgan fingerprint density at radius 2 is 2.03 bits per heavy atom. The smallest absolute Gasteiger partial charge is 0.251 e. The second kappa shape index (κ2) is 10.9. The van der Waals surface area contributed by atoms with Crippen LogP contribution in [-0.2, 0) is 10.5 Å². The van der Waals surface area contributed by atoms with Gasteiger partial charge in [-0.1, -0.05) is 41.4 Å². The van der Waals surface area contributed by atoms with Crippen LogP contribution >= 0.6 is 23.4 Å². The van der Waals surface area contributed by atoms with Crippen molar-refractivity contribution < 1.29 is 9.59 Å². The molecule has 1 heterocycles. The molecule has 2 aromatic carbocycles. The van der Waals surface area contributed by atoms with Crippen LogP contribution in [0.3, 0.4) is 0 Å². The summed E-state index contributed by atoms with van der Waals surface area (Å²) in [4.78, 5) is 25.1. The number of carbonyl (C=O) groups excluding carboxylic acids is 2. The fourth-order valence-corrected chi connectivity index (χ4v) is 5.32. The number of hydrogen-bond donors (Lipinski definition) is 3. The molecular weight excluding hydrogens is 442 g/mol. The number of rotatable bonds is 8. The largest absolute Gasteiger partial charge is 0.371 e. The highest BCUT2D eigenvalue weighted by molar-refractivity contribution is 7.98. The van der Waals surface area contributed by atoms with Crippen molar-refractivity contribution in [3.8, 4) is 0 Å². The second-order valence-electron chi connectivity index (χ2n) is 8.17. The fourth-order valence-electron chi connectivity index (χ4n) is 3.98. The number of thioether (sulfide) groups is 1. The summed E-state index contributed by atoms with van der Waals surface area (Å²) in [5.41, 5.74) is 4.53. The number of benzene rings is 2. The zero-order chi connectivity index (χ0) is 22.3. The third-order valence-electron chi connectivity index (χ3n) is 5.80. The van der Waals surface area contributed by atoms with Crippen LogP contribution < -0.4 is 16.0 Å². The molecule has 0 saturated carbocycles. The summed E-state index contributed by atoms with van der Waals surface area (Å²) in [6.07, 6.45) is 8.02. The molecule has 1 aliphatic carbocycles. The van der Waals surface area contributed by atoms with Gasteiger partial charge in [0.05, 0.1) is 11.4 Å². The maximum Gasteiger partial charge on any atom is 0.251 e. The molecule has 0 saturated heterocycles. The maximum absolute atomic E-state index is 12.6. The molecule has 4 rings (SSSR count). The van der Waals surface area contributed by atoms with Gasteiger partial charge in [-0.05, 0) is 61.9 Å². The van der Waals surface area contributed by atoms with Crippen LogP contribution in [0.15, 0.2) is 54.1 Å².